The van der Waals surface area contributed by atoms with Crippen molar-refractivity contribution in [2.75, 3.05) is 25.4 Å². The minimum absolute atomic E-state index is 0.143. The van der Waals surface area contributed by atoms with Gasteiger partial charge in [-0.05, 0) is 12.5 Å². The molecule has 4 nitrogen and oxygen atoms in total. The molecule has 2 rings (SSSR count). The minimum Gasteiger partial charge on any atom is -0.397 e. The number of thiophene rings is 1. The third-order valence-electron chi connectivity index (χ3n) is 3.16. The highest BCUT2D eigenvalue weighted by molar-refractivity contribution is 7.21. The molecule has 0 bridgehead atoms. The number of aliphatic hydroxyl groups excluding tert-OH is 1. The van der Waals surface area contributed by atoms with Crippen LogP contribution >= 0.6 is 11.3 Å². The number of nitrogens with zero attached hydrogens (tertiary/aromatic N) is 1. The maximum Gasteiger partial charge on any atom is 0.266 e. The summed E-state index contributed by atoms with van der Waals surface area (Å²) in [6.45, 7) is 0.668. The molecule has 0 aliphatic rings. The molecule has 1 aromatic carbocycles. The molecule has 21 heavy (non-hydrogen) atoms. The zero-order chi connectivity index (χ0) is 15.6. The van der Waals surface area contributed by atoms with Crippen LogP contribution in [0.15, 0.2) is 18.2 Å². The average Bonchev–Trinajstić information content (AvgIpc) is 2.76. The number of nitrogen functional groups attached to an aromatic ring is 1. The van der Waals surface area contributed by atoms with Gasteiger partial charge in [-0.3, -0.25) is 4.79 Å². The summed E-state index contributed by atoms with van der Waals surface area (Å²) in [5.74, 6) is -0.567. The molecule has 114 valence electrons. The molecule has 1 heterocycles. The van der Waals surface area contributed by atoms with E-state index < -0.39 is 18.9 Å². The summed E-state index contributed by atoms with van der Waals surface area (Å²) in [6.07, 6.45) is -2.65. The first-order valence-corrected chi connectivity index (χ1v) is 7.23. The van der Waals surface area contributed by atoms with Gasteiger partial charge in [-0.15, -0.1) is 11.3 Å². The van der Waals surface area contributed by atoms with E-state index in [2.05, 4.69) is 0 Å². The van der Waals surface area contributed by atoms with Crippen LogP contribution in [-0.4, -0.2) is 42.0 Å². The molecular weight excluding hydrogens is 298 g/mol. The quantitative estimate of drug-likeness (QED) is 0.891. The van der Waals surface area contributed by atoms with E-state index in [1.54, 1.807) is 6.07 Å². The Morgan fingerprint density at radius 2 is 2.19 bits per heavy atom. The molecule has 0 unspecified atom stereocenters. The summed E-state index contributed by atoms with van der Waals surface area (Å²) in [5.41, 5.74) is 7.27. The number of halogens is 2. The second kappa shape index (κ2) is 6.36. The van der Waals surface area contributed by atoms with Crippen LogP contribution in [0.2, 0.25) is 0 Å². The normalized spacial score (nSPS) is 11.3. The predicted molar refractivity (Wildman–Crippen MR) is 80.0 cm³/mol. The van der Waals surface area contributed by atoms with Crippen LogP contribution in [0.3, 0.4) is 0 Å². The maximum absolute atomic E-state index is 12.6. The van der Waals surface area contributed by atoms with Crippen LogP contribution in [-0.2, 0) is 0 Å². The first-order valence-electron chi connectivity index (χ1n) is 6.41. The molecule has 1 aromatic heterocycles. The number of carbonyl (C=O) groups excluding carboxylic acids is 1. The Balaban J connectivity index is 2.42. The standard InChI is InChI=1S/C14H16F2N2O2S/c1-8-3-2-4-9-11(17)13(21-12(8)9)14(20)18(5-6-19)7-10(15)16/h2-4,10,19H,5-7,17H2,1H3. The minimum atomic E-state index is -2.65. The van der Waals surface area contributed by atoms with Crippen molar-refractivity contribution in [3.8, 4) is 0 Å². The Morgan fingerprint density at radius 3 is 2.76 bits per heavy atom. The first kappa shape index (κ1) is 15.7. The van der Waals surface area contributed by atoms with E-state index in [1.807, 2.05) is 19.1 Å². The number of carbonyl (C=O) groups is 1. The van der Waals surface area contributed by atoms with Gasteiger partial charge in [-0.25, -0.2) is 8.78 Å². The number of rotatable bonds is 5. The Morgan fingerprint density at radius 1 is 1.48 bits per heavy atom. The van der Waals surface area contributed by atoms with Crippen LogP contribution in [0.25, 0.3) is 10.1 Å². The lowest BCUT2D eigenvalue weighted by atomic mass is 10.1. The second-order valence-electron chi connectivity index (χ2n) is 4.66. The number of amides is 1. The van der Waals surface area contributed by atoms with Crippen molar-refractivity contribution in [2.45, 2.75) is 13.3 Å². The van der Waals surface area contributed by atoms with Gasteiger partial charge in [0.25, 0.3) is 12.3 Å². The Hall–Kier alpha value is -1.73. The number of aliphatic hydroxyl groups is 1. The summed E-state index contributed by atoms with van der Waals surface area (Å²) in [5, 5.41) is 9.69. The smallest absolute Gasteiger partial charge is 0.266 e. The van der Waals surface area contributed by atoms with E-state index >= 15 is 0 Å². The molecule has 2 aromatic rings. The summed E-state index contributed by atoms with van der Waals surface area (Å²) < 4.78 is 26.0. The monoisotopic (exact) mass is 314 g/mol. The van der Waals surface area contributed by atoms with Crippen LogP contribution in [0.4, 0.5) is 14.5 Å². The number of hydrogen-bond acceptors (Lipinski definition) is 4. The van der Waals surface area contributed by atoms with Crippen LogP contribution in [0.1, 0.15) is 15.2 Å². The number of hydrogen-bond donors (Lipinski definition) is 2. The van der Waals surface area contributed by atoms with Crippen molar-refractivity contribution in [2.24, 2.45) is 0 Å². The SMILES string of the molecule is Cc1cccc2c(N)c(C(=O)N(CCO)CC(F)F)sc12. The van der Waals surface area contributed by atoms with Crippen LogP contribution < -0.4 is 5.73 Å². The van der Waals surface area contributed by atoms with E-state index in [4.69, 9.17) is 10.8 Å². The molecule has 0 aliphatic carbocycles. The number of nitrogens with two attached hydrogens (primary N) is 1. The van der Waals surface area contributed by atoms with Crippen molar-refractivity contribution in [1.82, 2.24) is 4.90 Å². The lowest BCUT2D eigenvalue weighted by Gasteiger charge is -2.20. The van der Waals surface area contributed by atoms with Gasteiger partial charge in [0, 0.05) is 16.6 Å². The molecule has 0 aliphatic heterocycles. The molecule has 1 amide bonds. The lowest BCUT2D eigenvalue weighted by Crippen LogP contribution is -2.37. The number of alkyl halides is 2. The van der Waals surface area contributed by atoms with Gasteiger partial charge in [0.15, 0.2) is 0 Å². The van der Waals surface area contributed by atoms with Gasteiger partial charge >= 0.3 is 0 Å². The molecule has 7 heteroatoms. The zero-order valence-electron chi connectivity index (χ0n) is 11.5. The van der Waals surface area contributed by atoms with Gasteiger partial charge in [-0.1, -0.05) is 18.2 Å². The van der Waals surface area contributed by atoms with Gasteiger partial charge in [0.05, 0.1) is 18.8 Å². The van der Waals surface area contributed by atoms with E-state index in [0.717, 1.165) is 20.5 Å². The van der Waals surface area contributed by atoms with E-state index in [1.165, 1.54) is 11.3 Å². The molecule has 0 radical (unpaired) electrons. The topological polar surface area (TPSA) is 66.6 Å². The largest absolute Gasteiger partial charge is 0.397 e. The fraction of sp³-hybridized carbons (Fsp3) is 0.357. The van der Waals surface area contributed by atoms with Crippen molar-refractivity contribution in [3.05, 3.63) is 28.6 Å². The molecule has 3 N–H and O–H groups in total. The second-order valence-corrected chi connectivity index (χ2v) is 5.68. The van der Waals surface area contributed by atoms with Crippen molar-refractivity contribution in [3.63, 3.8) is 0 Å². The number of anilines is 1. The van der Waals surface area contributed by atoms with Gasteiger partial charge in [0.1, 0.15) is 4.88 Å². The van der Waals surface area contributed by atoms with Gasteiger partial charge < -0.3 is 15.7 Å². The van der Waals surface area contributed by atoms with E-state index in [9.17, 15) is 13.6 Å². The average molecular weight is 314 g/mol. The van der Waals surface area contributed by atoms with E-state index in [-0.39, 0.29) is 18.0 Å². The summed E-state index contributed by atoms with van der Waals surface area (Å²) in [6, 6.07) is 5.53. The summed E-state index contributed by atoms with van der Waals surface area (Å²) >= 11 is 1.20. The van der Waals surface area contributed by atoms with Gasteiger partial charge in [-0.2, -0.15) is 0 Å². The Labute approximate surface area is 124 Å². The Kier molecular flexibility index (Phi) is 4.74. The highest BCUT2D eigenvalue weighted by Crippen LogP contribution is 2.36. The van der Waals surface area contributed by atoms with Crippen molar-refractivity contribution >= 4 is 33.0 Å². The highest BCUT2D eigenvalue weighted by atomic mass is 32.1. The van der Waals surface area contributed by atoms with Crippen LogP contribution in [0.5, 0.6) is 0 Å². The molecule has 0 saturated heterocycles. The fourth-order valence-corrected chi connectivity index (χ4v) is 3.30. The molecule has 0 saturated carbocycles. The Bertz CT molecular complexity index is 658. The summed E-state index contributed by atoms with van der Waals surface area (Å²) in [4.78, 5) is 13.6. The number of benzene rings is 1. The lowest BCUT2D eigenvalue weighted by molar-refractivity contribution is 0.0514. The third-order valence-corrected chi connectivity index (χ3v) is 4.51. The predicted octanol–water partition coefficient (Wildman–Crippen LogP) is 2.49. The number of fused-ring (bicyclic) bond motifs is 1. The van der Waals surface area contributed by atoms with Crippen LogP contribution in [0, 0.1) is 6.92 Å². The molecule has 0 atom stereocenters. The molecule has 0 fully saturated rings. The van der Waals surface area contributed by atoms with Gasteiger partial charge in [0.2, 0.25) is 0 Å². The molecular formula is C14H16F2N2O2S. The zero-order valence-corrected chi connectivity index (χ0v) is 12.3. The first-order chi connectivity index (χ1) is 9.95. The fourth-order valence-electron chi connectivity index (χ4n) is 2.14. The van der Waals surface area contributed by atoms with E-state index in [0.29, 0.717) is 5.69 Å². The highest BCUT2D eigenvalue weighted by Gasteiger charge is 2.24. The van der Waals surface area contributed by atoms with Crippen molar-refractivity contribution in [1.29, 1.82) is 0 Å². The third kappa shape index (κ3) is 3.14. The number of aryl methyl sites for hydroxylation is 1. The maximum atomic E-state index is 12.6. The summed E-state index contributed by atoms with van der Waals surface area (Å²) in [7, 11) is 0. The molecule has 0 spiro atoms. The van der Waals surface area contributed by atoms with Crippen molar-refractivity contribution < 1.29 is 18.7 Å².